The molecule has 1 saturated heterocycles. The normalized spacial score (nSPS) is 27.4. The molecule has 0 atom stereocenters. The van der Waals surface area contributed by atoms with Crippen molar-refractivity contribution < 1.29 is 47.7 Å². The van der Waals surface area contributed by atoms with Gasteiger partial charge in [0, 0.05) is 12.1 Å². The molecule has 1 aromatic heterocycles. The molecule has 1 aromatic rings. The fourth-order valence-corrected chi connectivity index (χ4v) is 6.44. The maximum Gasteiger partial charge on any atom is 0.416 e. The van der Waals surface area contributed by atoms with Gasteiger partial charge in [-0.25, -0.2) is 21.4 Å². The summed E-state index contributed by atoms with van der Waals surface area (Å²) in [6, 6.07) is 3.84. The van der Waals surface area contributed by atoms with Gasteiger partial charge in [-0.2, -0.15) is 26.3 Å². The number of hydrogen-bond acceptors (Lipinski definition) is 4. The van der Waals surface area contributed by atoms with Gasteiger partial charge in [0.05, 0.1) is 0 Å². The number of hydrogen-bond donors (Lipinski definition) is 0. The summed E-state index contributed by atoms with van der Waals surface area (Å²) < 4.78 is 124. The maximum absolute atomic E-state index is 13.5. The van der Waals surface area contributed by atoms with Gasteiger partial charge in [-0.15, -0.1) is 0 Å². The van der Waals surface area contributed by atoms with Gasteiger partial charge < -0.3 is 0 Å². The van der Waals surface area contributed by atoms with E-state index in [1.165, 1.54) is 18.2 Å². The van der Waals surface area contributed by atoms with Crippen molar-refractivity contribution >= 4 is 19.7 Å². The zero-order chi connectivity index (χ0) is 17.9. The molecule has 0 aliphatic carbocycles. The molecule has 0 bridgehead atoms. The lowest BCUT2D eigenvalue weighted by atomic mass is 10.3. The Labute approximate surface area is 126 Å². The van der Waals surface area contributed by atoms with E-state index in [9.17, 15) is 43.2 Å². The molecule has 1 fully saturated rings. The van der Waals surface area contributed by atoms with Gasteiger partial charge in [0.25, 0.3) is 0 Å². The Hall–Kier alpha value is -1.37. The second kappa shape index (κ2) is 4.82. The van der Waals surface area contributed by atoms with Crippen LogP contribution in [0.25, 0.3) is 0 Å². The van der Waals surface area contributed by atoms with E-state index in [0.29, 0.717) is 4.57 Å². The topological polar surface area (TPSA) is 72.2 Å². The fraction of sp³-hybridized carbons (Fsp3) is 0.500. The van der Waals surface area contributed by atoms with E-state index in [1.54, 1.807) is 0 Å². The van der Waals surface area contributed by atoms with Crippen molar-refractivity contribution in [1.82, 2.24) is 0 Å². The number of aromatic nitrogens is 1. The molecule has 0 spiro atoms. The third kappa shape index (κ3) is 2.08. The highest BCUT2D eigenvalue weighted by atomic mass is 32.3. The quantitative estimate of drug-likeness (QED) is 0.563. The largest absolute Gasteiger partial charge is 0.416 e. The minimum Gasteiger partial charge on any atom is -0.221 e. The van der Waals surface area contributed by atoms with E-state index in [1.807, 2.05) is 0 Å². The molecule has 2 heterocycles. The summed E-state index contributed by atoms with van der Waals surface area (Å²) in [6.07, 6.45) is 2.02. The minimum atomic E-state index is -6.59. The molecular formula is C10H8F6NO4S2+. The Morgan fingerprint density at radius 1 is 0.783 bits per heavy atom. The van der Waals surface area contributed by atoms with Crippen molar-refractivity contribution in [3.8, 4) is 0 Å². The van der Waals surface area contributed by atoms with Gasteiger partial charge in [-0.3, -0.25) is 0 Å². The summed E-state index contributed by atoms with van der Waals surface area (Å²) >= 11 is 0. The second-order valence-corrected chi connectivity index (χ2v) is 9.34. The van der Waals surface area contributed by atoms with Crippen LogP contribution < -0.4 is 4.57 Å². The van der Waals surface area contributed by atoms with Crippen LogP contribution in [0.3, 0.4) is 0 Å². The first-order valence-electron chi connectivity index (χ1n) is 5.75. The van der Waals surface area contributed by atoms with E-state index < -0.39 is 47.2 Å². The van der Waals surface area contributed by atoms with Gasteiger partial charge in [-0.05, 0) is 0 Å². The number of sulfone groups is 2. The van der Waals surface area contributed by atoms with Crippen molar-refractivity contribution in [3.63, 3.8) is 0 Å². The molecule has 5 nitrogen and oxygen atoms in total. The molecule has 13 heteroatoms. The number of halogens is 6. The molecule has 0 saturated carbocycles. The van der Waals surface area contributed by atoms with Crippen LogP contribution in [0.5, 0.6) is 0 Å². The predicted octanol–water partition coefficient (Wildman–Crippen LogP) is 0.964. The van der Waals surface area contributed by atoms with Crippen LogP contribution in [0.15, 0.2) is 30.6 Å². The van der Waals surface area contributed by atoms with Gasteiger partial charge in [0.15, 0.2) is 18.9 Å². The first-order chi connectivity index (χ1) is 10.2. The Morgan fingerprint density at radius 2 is 1.17 bits per heavy atom. The second-order valence-electron chi connectivity index (χ2n) is 4.70. The Bertz CT molecular complexity index is 774. The maximum atomic E-state index is 13.5. The molecule has 0 amide bonds. The highest BCUT2D eigenvalue weighted by molar-refractivity contribution is 8.10. The van der Waals surface area contributed by atoms with Crippen LogP contribution in [0.1, 0.15) is 0 Å². The number of alkyl halides is 6. The average Bonchev–Trinajstić information content (AvgIpc) is 2.43. The van der Waals surface area contributed by atoms with E-state index in [0.717, 1.165) is 12.4 Å². The monoisotopic (exact) mass is 384 g/mol. The van der Waals surface area contributed by atoms with Gasteiger partial charge >= 0.3 is 16.4 Å². The molecule has 0 aromatic carbocycles. The standard InChI is InChI=1S/C10H8F6NO4S2/c11-8(12)9(13,14)22(18,19)7(23(20,21)10(8,15)16)6-17-4-2-1-3-5-17/h1-5,7H,6H2/q+1. The van der Waals surface area contributed by atoms with Crippen LogP contribution >= 0.6 is 0 Å². The van der Waals surface area contributed by atoms with Crippen LogP contribution in [0.2, 0.25) is 0 Å². The smallest absolute Gasteiger partial charge is 0.221 e. The molecule has 0 radical (unpaired) electrons. The number of rotatable bonds is 2. The van der Waals surface area contributed by atoms with E-state index in [2.05, 4.69) is 0 Å². The average molecular weight is 384 g/mol. The molecule has 1 aliphatic rings. The first kappa shape index (κ1) is 18.0. The molecule has 130 valence electrons. The minimum absolute atomic E-state index is 0.704. The molecule has 2 rings (SSSR count). The lowest BCUT2D eigenvalue weighted by Crippen LogP contribution is -2.71. The molecule has 0 N–H and O–H groups in total. The fourth-order valence-electron chi connectivity index (χ4n) is 1.95. The van der Waals surface area contributed by atoms with Crippen molar-refractivity contribution in [2.75, 3.05) is 0 Å². The van der Waals surface area contributed by atoms with Gasteiger partial charge in [0.1, 0.15) is 0 Å². The zero-order valence-electron chi connectivity index (χ0n) is 10.8. The van der Waals surface area contributed by atoms with Crippen LogP contribution in [0, 0.1) is 0 Å². The summed E-state index contributed by atoms with van der Waals surface area (Å²) in [5, 5.41) is -12.5. The highest BCUT2D eigenvalue weighted by Gasteiger charge is 2.89. The lowest BCUT2D eigenvalue weighted by Gasteiger charge is -2.38. The summed E-state index contributed by atoms with van der Waals surface area (Å²) in [5.41, 5.74) is 0. The molecular weight excluding hydrogens is 376 g/mol. The van der Waals surface area contributed by atoms with Gasteiger partial charge in [0.2, 0.25) is 24.3 Å². The van der Waals surface area contributed by atoms with Gasteiger partial charge in [-0.1, -0.05) is 6.07 Å². The molecule has 23 heavy (non-hydrogen) atoms. The Balaban J connectivity index is 2.71. The number of nitrogens with zero attached hydrogens (tertiary/aromatic N) is 1. The Kier molecular flexibility index (Phi) is 3.76. The third-order valence-electron chi connectivity index (χ3n) is 3.28. The first-order valence-corrected chi connectivity index (χ1v) is 8.85. The lowest BCUT2D eigenvalue weighted by molar-refractivity contribution is -0.694. The highest BCUT2D eigenvalue weighted by Crippen LogP contribution is 2.57. The van der Waals surface area contributed by atoms with E-state index in [-0.39, 0.29) is 0 Å². The van der Waals surface area contributed by atoms with Crippen LogP contribution in [-0.2, 0) is 26.2 Å². The molecule has 0 unspecified atom stereocenters. The third-order valence-corrected chi connectivity index (χ3v) is 8.42. The summed E-state index contributed by atoms with van der Waals surface area (Å²) in [4.78, 5) is 0. The summed E-state index contributed by atoms with van der Waals surface area (Å²) in [6.45, 7) is -1.38. The van der Waals surface area contributed by atoms with Crippen LogP contribution in [-0.4, -0.2) is 37.8 Å². The molecule has 1 aliphatic heterocycles. The van der Waals surface area contributed by atoms with Crippen molar-refractivity contribution in [1.29, 1.82) is 0 Å². The SMILES string of the molecule is O=S1(=O)C(C[n+]2ccccc2)S(=O)(=O)C(F)(F)C(F)(F)C1(F)F. The van der Waals surface area contributed by atoms with Crippen molar-refractivity contribution in [2.24, 2.45) is 0 Å². The zero-order valence-corrected chi connectivity index (χ0v) is 12.5. The van der Waals surface area contributed by atoms with Crippen molar-refractivity contribution in [2.45, 2.75) is 27.6 Å². The predicted molar refractivity (Wildman–Crippen MR) is 63.1 cm³/mol. The summed E-state index contributed by atoms with van der Waals surface area (Å²) in [5.74, 6) is -6.59. The Morgan fingerprint density at radius 3 is 1.57 bits per heavy atom. The number of pyridine rings is 1. The van der Waals surface area contributed by atoms with E-state index >= 15 is 0 Å². The summed E-state index contributed by atoms with van der Waals surface area (Å²) in [7, 11) is -12.9. The van der Waals surface area contributed by atoms with Crippen LogP contribution in [0.4, 0.5) is 26.3 Å². The van der Waals surface area contributed by atoms with Crippen molar-refractivity contribution in [3.05, 3.63) is 30.6 Å². The van der Waals surface area contributed by atoms with E-state index in [4.69, 9.17) is 0 Å².